The first-order valence-corrected chi connectivity index (χ1v) is 4.96. The Balaban J connectivity index is 2.00. The minimum Gasteiger partial charge on any atom is -0.472 e. The number of carbonyl (C=O) groups excluding carboxylic acids is 1. The van der Waals surface area contributed by atoms with Crippen LogP contribution < -0.4 is 0 Å². The lowest BCUT2D eigenvalue weighted by molar-refractivity contribution is 0.0410. The smallest absolute Gasteiger partial charge is 0.342 e. The summed E-state index contributed by atoms with van der Waals surface area (Å²) in [5, 5.41) is 0. The molecule has 3 heteroatoms. The highest BCUT2D eigenvalue weighted by molar-refractivity contribution is 5.89. The lowest BCUT2D eigenvalue weighted by atomic mass is 10.1. The largest absolute Gasteiger partial charge is 0.472 e. The maximum absolute atomic E-state index is 11.6. The van der Waals surface area contributed by atoms with Gasteiger partial charge in [-0.25, -0.2) is 4.79 Å². The molecule has 0 amide bonds. The first-order chi connectivity index (χ1) is 7.77. The number of hydrogen-bond donors (Lipinski definition) is 0. The van der Waals surface area contributed by atoms with Crippen LogP contribution in [-0.4, -0.2) is 12.1 Å². The molecule has 1 heterocycles. The standard InChI is InChI=1S/C13H11O3/c1-10(11-5-3-2-4-6-11)16-13(14)12-7-8-15-9-12/h3-10H,1H3/q+1/t10-/m1/s1. The molecule has 0 radical (unpaired) electrons. The van der Waals surface area contributed by atoms with Crippen LogP contribution in [0.1, 0.15) is 17.3 Å². The molecule has 1 atom stereocenters. The molecule has 3 nitrogen and oxygen atoms in total. The normalized spacial score (nSPS) is 15.2. The van der Waals surface area contributed by atoms with Crippen LogP contribution in [0, 0.1) is 6.08 Å². The van der Waals surface area contributed by atoms with Gasteiger partial charge in [0.2, 0.25) is 0 Å². The van der Waals surface area contributed by atoms with Gasteiger partial charge in [-0.05, 0) is 13.0 Å². The highest BCUT2D eigenvalue weighted by atomic mass is 16.5. The molecule has 0 spiro atoms. The van der Waals surface area contributed by atoms with Crippen LogP contribution in [0.3, 0.4) is 0 Å². The predicted octanol–water partition coefficient (Wildman–Crippen LogP) is 2.68. The molecular formula is C13H11O3+. The van der Waals surface area contributed by atoms with Crippen LogP contribution in [0.25, 0.3) is 0 Å². The van der Waals surface area contributed by atoms with E-state index in [0.29, 0.717) is 5.56 Å². The minimum absolute atomic E-state index is 0.281. The summed E-state index contributed by atoms with van der Waals surface area (Å²) in [6.45, 7) is 1.83. The van der Waals surface area contributed by atoms with Gasteiger partial charge >= 0.3 is 5.97 Å². The third-order valence-electron chi connectivity index (χ3n) is 2.25. The average Bonchev–Trinajstić information content (AvgIpc) is 2.83. The van der Waals surface area contributed by atoms with Crippen molar-refractivity contribution in [1.82, 2.24) is 0 Å². The van der Waals surface area contributed by atoms with E-state index in [2.05, 4.69) is 6.08 Å². The van der Waals surface area contributed by atoms with Gasteiger partial charge in [0.15, 0.2) is 0 Å². The Morgan fingerprint density at radius 3 is 3.06 bits per heavy atom. The number of esters is 1. The molecule has 0 unspecified atom stereocenters. The summed E-state index contributed by atoms with van der Waals surface area (Å²) in [5.41, 5.74) is 1.37. The van der Waals surface area contributed by atoms with E-state index in [4.69, 9.17) is 9.15 Å². The molecule has 1 aromatic rings. The van der Waals surface area contributed by atoms with Crippen molar-refractivity contribution in [2.24, 2.45) is 0 Å². The molecule has 0 bridgehead atoms. The van der Waals surface area contributed by atoms with Crippen molar-refractivity contribution in [2.45, 2.75) is 13.0 Å². The summed E-state index contributed by atoms with van der Waals surface area (Å²) in [6, 6.07) is 1.58. The second-order valence-electron chi connectivity index (χ2n) is 3.39. The Kier molecular flexibility index (Phi) is 2.99. The number of ether oxygens (including phenoxy) is 1. The summed E-state index contributed by atoms with van der Waals surface area (Å²) in [5.74, 6) is -0.380. The van der Waals surface area contributed by atoms with Gasteiger partial charge in [0, 0.05) is 6.08 Å². The van der Waals surface area contributed by atoms with Crippen LogP contribution in [-0.2, 0) is 4.74 Å². The van der Waals surface area contributed by atoms with E-state index in [1.54, 1.807) is 18.2 Å². The average molecular weight is 215 g/mol. The summed E-state index contributed by atoms with van der Waals surface area (Å²) < 4.78 is 10.1. The van der Waals surface area contributed by atoms with Gasteiger partial charge in [-0.15, -0.1) is 0 Å². The fourth-order valence-corrected chi connectivity index (χ4v) is 1.35. The lowest BCUT2D eigenvalue weighted by Crippen LogP contribution is -2.16. The summed E-state index contributed by atoms with van der Waals surface area (Å²) in [4.78, 5) is 11.6. The lowest BCUT2D eigenvalue weighted by Gasteiger charge is -2.10. The molecule has 0 saturated heterocycles. The van der Waals surface area contributed by atoms with E-state index in [1.165, 1.54) is 12.5 Å². The fourth-order valence-electron chi connectivity index (χ4n) is 1.35. The second kappa shape index (κ2) is 4.60. The van der Waals surface area contributed by atoms with Crippen molar-refractivity contribution in [3.05, 3.63) is 60.1 Å². The van der Waals surface area contributed by atoms with Crippen molar-refractivity contribution in [3.8, 4) is 0 Å². The van der Waals surface area contributed by atoms with Crippen molar-refractivity contribution >= 4 is 5.97 Å². The van der Waals surface area contributed by atoms with E-state index in [-0.39, 0.29) is 12.1 Å². The van der Waals surface area contributed by atoms with Crippen LogP contribution >= 0.6 is 0 Å². The number of carbonyl (C=O) groups is 1. The molecule has 0 aromatic carbocycles. The molecule has 1 aliphatic carbocycles. The van der Waals surface area contributed by atoms with Crippen LogP contribution in [0.5, 0.6) is 0 Å². The van der Waals surface area contributed by atoms with Gasteiger partial charge in [0.1, 0.15) is 30.1 Å². The summed E-state index contributed by atoms with van der Waals surface area (Å²) >= 11 is 0. The minimum atomic E-state index is -0.380. The Hall–Kier alpha value is -2.12. The zero-order chi connectivity index (χ0) is 11.4. The van der Waals surface area contributed by atoms with Gasteiger partial charge in [0.05, 0.1) is 24.0 Å². The predicted molar refractivity (Wildman–Crippen MR) is 58.6 cm³/mol. The van der Waals surface area contributed by atoms with E-state index in [0.717, 1.165) is 5.57 Å². The summed E-state index contributed by atoms with van der Waals surface area (Å²) in [7, 11) is 0. The van der Waals surface area contributed by atoms with Crippen molar-refractivity contribution in [2.75, 3.05) is 0 Å². The Bertz CT molecular complexity index is 450. The molecular weight excluding hydrogens is 204 g/mol. The maximum atomic E-state index is 11.6. The number of allylic oxidation sites excluding steroid dienone is 4. The number of furan rings is 1. The molecule has 1 aromatic heterocycles. The third-order valence-corrected chi connectivity index (χ3v) is 2.25. The van der Waals surface area contributed by atoms with Crippen LogP contribution in [0.4, 0.5) is 0 Å². The van der Waals surface area contributed by atoms with Crippen LogP contribution in [0.2, 0.25) is 0 Å². The monoisotopic (exact) mass is 215 g/mol. The molecule has 2 rings (SSSR count). The van der Waals surface area contributed by atoms with Gasteiger partial charge in [0.25, 0.3) is 0 Å². The van der Waals surface area contributed by atoms with E-state index in [1.807, 2.05) is 19.1 Å². The molecule has 1 aliphatic rings. The van der Waals surface area contributed by atoms with E-state index >= 15 is 0 Å². The SMILES string of the molecule is C[C@@H](OC(=O)c1ccoc1)C1=CC=[C+]C=C1. The van der Waals surface area contributed by atoms with E-state index < -0.39 is 0 Å². The molecule has 0 N–H and O–H groups in total. The quantitative estimate of drug-likeness (QED) is 0.574. The Labute approximate surface area is 93.7 Å². The molecule has 0 saturated carbocycles. The zero-order valence-corrected chi connectivity index (χ0v) is 8.84. The van der Waals surface area contributed by atoms with Crippen LogP contribution in [0.15, 0.2) is 52.9 Å². The van der Waals surface area contributed by atoms with Gasteiger partial charge in [-0.1, -0.05) is 0 Å². The maximum Gasteiger partial charge on any atom is 0.342 e. The van der Waals surface area contributed by atoms with Gasteiger partial charge in [-0.3, -0.25) is 0 Å². The molecule has 16 heavy (non-hydrogen) atoms. The third kappa shape index (κ3) is 2.27. The van der Waals surface area contributed by atoms with Gasteiger partial charge in [-0.2, -0.15) is 0 Å². The topological polar surface area (TPSA) is 39.4 Å². The molecule has 0 fully saturated rings. The van der Waals surface area contributed by atoms with Crippen molar-refractivity contribution < 1.29 is 13.9 Å². The molecule has 80 valence electrons. The highest BCUT2D eigenvalue weighted by Gasteiger charge is 2.18. The van der Waals surface area contributed by atoms with Crippen molar-refractivity contribution in [1.29, 1.82) is 0 Å². The summed E-state index contributed by atoms with van der Waals surface area (Å²) in [6.07, 6.45) is 12.8. The Morgan fingerprint density at radius 1 is 1.56 bits per heavy atom. The number of hydrogen-bond acceptors (Lipinski definition) is 3. The number of rotatable bonds is 3. The first-order valence-electron chi connectivity index (χ1n) is 4.96. The fraction of sp³-hybridized carbons (Fsp3) is 0.154. The van der Waals surface area contributed by atoms with E-state index in [9.17, 15) is 4.79 Å². The first kappa shape index (κ1) is 10.4. The second-order valence-corrected chi connectivity index (χ2v) is 3.39. The Morgan fingerprint density at radius 2 is 2.44 bits per heavy atom. The molecule has 0 aliphatic heterocycles. The highest BCUT2D eigenvalue weighted by Crippen LogP contribution is 2.14. The zero-order valence-electron chi connectivity index (χ0n) is 8.84. The van der Waals surface area contributed by atoms with Gasteiger partial charge < -0.3 is 9.15 Å². The van der Waals surface area contributed by atoms with Crippen molar-refractivity contribution in [3.63, 3.8) is 0 Å².